The molecule has 0 bridgehead atoms. The molecule has 7 heteroatoms. The minimum Gasteiger partial charge on any atom is -0.502 e. The number of para-hydroxylation sites is 1. The van der Waals surface area contributed by atoms with E-state index in [2.05, 4.69) is 5.32 Å². The molecule has 0 atom stereocenters. The summed E-state index contributed by atoms with van der Waals surface area (Å²) < 4.78 is 6.82. The van der Waals surface area contributed by atoms with Gasteiger partial charge in [-0.3, -0.25) is 9.59 Å². The Bertz CT molecular complexity index is 1010. The van der Waals surface area contributed by atoms with Gasteiger partial charge in [0.25, 0.3) is 11.5 Å². The van der Waals surface area contributed by atoms with Crippen LogP contribution in [0.5, 0.6) is 11.5 Å². The maximum Gasteiger partial charge on any atom is 0.293 e. The van der Waals surface area contributed by atoms with Crippen molar-refractivity contribution in [3.63, 3.8) is 0 Å². The molecule has 134 valence electrons. The number of aromatic nitrogens is 1. The molecule has 0 aliphatic rings. The molecule has 1 heterocycles. The van der Waals surface area contributed by atoms with Gasteiger partial charge in [-0.1, -0.05) is 29.8 Å². The lowest BCUT2D eigenvalue weighted by molar-refractivity contribution is 0.0945. The Balaban J connectivity index is 1.74. The van der Waals surface area contributed by atoms with Gasteiger partial charge in [-0.25, -0.2) is 0 Å². The normalized spacial score (nSPS) is 10.7. The number of aromatic hydroxyl groups is 1. The Kier molecular flexibility index (Phi) is 5.14. The van der Waals surface area contributed by atoms with Crippen LogP contribution in [-0.4, -0.2) is 28.7 Å². The molecule has 1 amide bonds. The van der Waals surface area contributed by atoms with Crippen molar-refractivity contribution < 1.29 is 14.6 Å². The number of carbonyl (C=O) groups is 1. The smallest absolute Gasteiger partial charge is 0.293 e. The summed E-state index contributed by atoms with van der Waals surface area (Å²) in [4.78, 5) is 24.7. The van der Waals surface area contributed by atoms with Gasteiger partial charge >= 0.3 is 0 Å². The first-order chi connectivity index (χ1) is 12.5. The monoisotopic (exact) mass is 372 g/mol. The Hall–Kier alpha value is -2.99. The number of pyridine rings is 1. The zero-order valence-corrected chi connectivity index (χ0v) is 14.8. The highest BCUT2D eigenvalue weighted by molar-refractivity contribution is 6.30. The van der Waals surface area contributed by atoms with Gasteiger partial charge in [-0.2, -0.15) is 0 Å². The Morgan fingerprint density at radius 2 is 1.88 bits per heavy atom. The largest absolute Gasteiger partial charge is 0.502 e. The molecule has 3 rings (SSSR count). The molecular formula is C19H17ClN2O4. The minimum absolute atomic E-state index is 0.0322. The molecule has 0 unspecified atom stereocenters. The number of hydrogen-bond donors (Lipinski definition) is 2. The summed E-state index contributed by atoms with van der Waals surface area (Å²) in [5, 5.41) is 13.9. The summed E-state index contributed by atoms with van der Waals surface area (Å²) in [6.45, 7) is 0.446. The third-order valence-corrected chi connectivity index (χ3v) is 4.23. The molecule has 0 aliphatic carbocycles. The van der Waals surface area contributed by atoms with Gasteiger partial charge < -0.3 is 19.7 Å². The number of nitrogens with zero attached hydrogens (tertiary/aromatic N) is 1. The predicted octanol–water partition coefficient (Wildman–Crippen LogP) is 2.71. The molecule has 0 aliphatic heterocycles. The van der Waals surface area contributed by atoms with Gasteiger partial charge in [-0.15, -0.1) is 0 Å². The fraction of sp³-hybridized carbons (Fsp3) is 0.158. The molecule has 2 N–H and O–H groups in total. The number of hydrogen-bond acceptors (Lipinski definition) is 4. The lowest BCUT2D eigenvalue weighted by Gasteiger charge is -2.13. The van der Waals surface area contributed by atoms with Crippen LogP contribution in [0.15, 0.2) is 53.3 Å². The summed E-state index contributed by atoms with van der Waals surface area (Å²) in [6.07, 6.45) is 0. The number of ether oxygens (including phenoxy) is 1. The highest BCUT2D eigenvalue weighted by Gasteiger charge is 2.20. The number of benzene rings is 2. The van der Waals surface area contributed by atoms with Crippen molar-refractivity contribution in [1.82, 2.24) is 9.88 Å². The minimum atomic E-state index is -0.619. The van der Waals surface area contributed by atoms with E-state index in [9.17, 15) is 14.7 Å². The van der Waals surface area contributed by atoms with Crippen LogP contribution in [0.3, 0.4) is 0 Å². The molecule has 0 fully saturated rings. The summed E-state index contributed by atoms with van der Waals surface area (Å²) in [7, 11) is 1.55. The lowest BCUT2D eigenvalue weighted by Crippen LogP contribution is -2.30. The average molecular weight is 373 g/mol. The van der Waals surface area contributed by atoms with E-state index >= 15 is 0 Å². The van der Waals surface area contributed by atoms with Gasteiger partial charge in [0, 0.05) is 17.5 Å². The molecule has 0 spiro atoms. The molecule has 0 saturated heterocycles. The van der Waals surface area contributed by atoms with E-state index in [0.717, 1.165) is 0 Å². The molecule has 0 saturated carbocycles. The number of aryl methyl sites for hydroxylation is 1. The van der Waals surface area contributed by atoms with Crippen molar-refractivity contribution >= 4 is 28.4 Å². The first-order valence-corrected chi connectivity index (χ1v) is 8.34. The van der Waals surface area contributed by atoms with E-state index in [1.165, 1.54) is 4.57 Å². The van der Waals surface area contributed by atoms with Crippen molar-refractivity contribution in [3.8, 4) is 11.5 Å². The first-order valence-electron chi connectivity index (χ1n) is 7.96. The number of amides is 1. The van der Waals surface area contributed by atoms with Gasteiger partial charge in [0.15, 0.2) is 5.75 Å². The van der Waals surface area contributed by atoms with E-state index in [4.69, 9.17) is 16.3 Å². The molecule has 26 heavy (non-hydrogen) atoms. The number of rotatable bonds is 5. The molecule has 2 aromatic carbocycles. The third kappa shape index (κ3) is 3.50. The summed E-state index contributed by atoms with van der Waals surface area (Å²) in [6, 6.07) is 13.8. The SMILES string of the molecule is Cn1c(=O)c(O)c(C(=O)NCCOc2ccc(Cl)cc2)c2ccccc21. The van der Waals surface area contributed by atoms with Crippen LogP contribution in [0, 0.1) is 0 Å². The van der Waals surface area contributed by atoms with Crippen LogP contribution >= 0.6 is 11.6 Å². The van der Waals surface area contributed by atoms with E-state index < -0.39 is 17.2 Å². The fourth-order valence-electron chi connectivity index (χ4n) is 2.66. The molecular weight excluding hydrogens is 356 g/mol. The van der Waals surface area contributed by atoms with Crippen molar-refractivity contribution in [2.75, 3.05) is 13.2 Å². The van der Waals surface area contributed by atoms with Crippen molar-refractivity contribution in [2.45, 2.75) is 0 Å². The van der Waals surface area contributed by atoms with Gasteiger partial charge in [0.2, 0.25) is 0 Å². The van der Waals surface area contributed by atoms with Crippen LogP contribution < -0.4 is 15.6 Å². The Morgan fingerprint density at radius 1 is 1.19 bits per heavy atom. The van der Waals surface area contributed by atoms with Crippen LogP contribution in [0.4, 0.5) is 0 Å². The van der Waals surface area contributed by atoms with Crippen molar-refractivity contribution in [1.29, 1.82) is 0 Å². The standard InChI is InChI=1S/C19H17ClN2O4/c1-22-15-5-3-2-4-14(15)16(17(23)19(22)25)18(24)21-10-11-26-13-8-6-12(20)7-9-13/h2-9,23H,10-11H2,1H3,(H,21,24). The maximum absolute atomic E-state index is 12.5. The van der Waals surface area contributed by atoms with E-state index in [0.29, 0.717) is 21.7 Å². The zero-order valence-electron chi connectivity index (χ0n) is 14.0. The molecule has 6 nitrogen and oxygen atoms in total. The highest BCUT2D eigenvalue weighted by Crippen LogP contribution is 2.23. The van der Waals surface area contributed by atoms with Crippen LogP contribution in [0.25, 0.3) is 10.9 Å². The lowest BCUT2D eigenvalue weighted by atomic mass is 10.1. The second-order valence-corrected chi connectivity index (χ2v) is 6.10. The van der Waals surface area contributed by atoms with Crippen LogP contribution in [-0.2, 0) is 7.05 Å². The van der Waals surface area contributed by atoms with Gasteiger partial charge in [0.1, 0.15) is 12.4 Å². The average Bonchev–Trinajstić information content (AvgIpc) is 2.65. The summed E-state index contributed by atoms with van der Waals surface area (Å²) >= 11 is 5.81. The third-order valence-electron chi connectivity index (χ3n) is 3.98. The Morgan fingerprint density at radius 3 is 2.62 bits per heavy atom. The predicted molar refractivity (Wildman–Crippen MR) is 100 cm³/mol. The van der Waals surface area contributed by atoms with Gasteiger partial charge in [0.05, 0.1) is 17.6 Å². The number of nitrogens with one attached hydrogen (secondary N) is 1. The summed E-state index contributed by atoms with van der Waals surface area (Å²) in [5.41, 5.74) is -0.0840. The molecule has 0 radical (unpaired) electrons. The maximum atomic E-state index is 12.5. The highest BCUT2D eigenvalue weighted by atomic mass is 35.5. The first kappa shape index (κ1) is 17.8. The van der Waals surface area contributed by atoms with Crippen molar-refractivity contribution in [3.05, 3.63) is 69.5 Å². The van der Waals surface area contributed by atoms with E-state index in [-0.39, 0.29) is 18.7 Å². The fourth-order valence-corrected chi connectivity index (χ4v) is 2.79. The second-order valence-electron chi connectivity index (χ2n) is 5.66. The topological polar surface area (TPSA) is 80.6 Å². The zero-order chi connectivity index (χ0) is 18.7. The van der Waals surface area contributed by atoms with Crippen LogP contribution in [0.2, 0.25) is 5.02 Å². The van der Waals surface area contributed by atoms with Crippen LogP contribution in [0.1, 0.15) is 10.4 Å². The van der Waals surface area contributed by atoms with E-state index in [1.807, 2.05) is 0 Å². The van der Waals surface area contributed by atoms with Gasteiger partial charge in [-0.05, 0) is 30.3 Å². The number of carbonyl (C=O) groups excluding carboxylic acids is 1. The van der Waals surface area contributed by atoms with E-state index in [1.54, 1.807) is 55.6 Å². The number of halogens is 1. The second kappa shape index (κ2) is 7.49. The van der Waals surface area contributed by atoms with Crippen molar-refractivity contribution in [2.24, 2.45) is 7.05 Å². The number of fused-ring (bicyclic) bond motifs is 1. The quantitative estimate of drug-likeness (QED) is 0.675. The summed E-state index contributed by atoms with van der Waals surface area (Å²) in [5.74, 6) is -0.469. The Labute approximate surface area is 154 Å². The molecule has 1 aromatic heterocycles. The molecule has 3 aromatic rings.